The number of hydrogen-bond acceptors (Lipinski definition) is 7. The molecule has 0 fully saturated rings. The molecule has 0 heterocycles. The highest BCUT2D eigenvalue weighted by Gasteiger charge is 2.27. The Morgan fingerprint density at radius 3 is 0.885 bits per heavy atom. The van der Waals surface area contributed by atoms with Crippen LogP contribution in [0.3, 0.4) is 0 Å². The van der Waals surface area contributed by atoms with E-state index in [4.69, 9.17) is 18.5 Å². The molecule has 1 N–H and O–H groups in total. The first-order valence-electron chi connectivity index (χ1n) is 40.6. The van der Waals surface area contributed by atoms with Gasteiger partial charge < -0.3 is 18.9 Å². The van der Waals surface area contributed by atoms with Gasteiger partial charge in [-0.3, -0.25) is 18.6 Å². The summed E-state index contributed by atoms with van der Waals surface area (Å²) in [5.41, 5.74) is 0. The van der Waals surface area contributed by atoms with Crippen molar-refractivity contribution in [1.29, 1.82) is 0 Å². The van der Waals surface area contributed by atoms with E-state index in [0.29, 0.717) is 23.9 Å². The number of nitrogens with zero attached hydrogens (tertiary/aromatic N) is 1. The summed E-state index contributed by atoms with van der Waals surface area (Å²) in [6.07, 6.45) is 108. The van der Waals surface area contributed by atoms with Gasteiger partial charge in [0.1, 0.15) is 19.8 Å². The van der Waals surface area contributed by atoms with E-state index < -0.39 is 26.5 Å². The third-order valence-corrected chi connectivity index (χ3v) is 18.8. The van der Waals surface area contributed by atoms with E-state index in [9.17, 15) is 19.0 Å². The average molecular weight is 1360 g/mol. The maximum Gasteiger partial charge on any atom is 0.472 e. The Morgan fingerprint density at radius 2 is 0.594 bits per heavy atom. The van der Waals surface area contributed by atoms with Crippen LogP contribution in [0.5, 0.6) is 0 Å². The van der Waals surface area contributed by atoms with Crippen molar-refractivity contribution < 1.29 is 42.1 Å². The zero-order valence-corrected chi connectivity index (χ0v) is 64.5. The summed E-state index contributed by atoms with van der Waals surface area (Å²) < 4.78 is 34.8. The number of rotatable bonds is 75. The SMILES string of the molecule is CC/C=C\C/C=C\C/C=C\C/C=C\C/C=C\C/C=C\C/C=C\C/C=C\C/C=C\CCCCCCCCCCCCCCCC(=O)OC(COC(=O)CCCCCCCCCCCCCCCCCCCCCCCCCCCCCCCCC)COP(=O)(O)OCC[N+](C)(C)C. The van der Waals surface area contributed by atoms with Crippen LogP contribution in [0.1, 0.15) is 373 Å². The fourth-order valence-corrected chi connectivity index (χ4v) is 12.4. The van der Waals surface area contributed by atoms with Crippen LogP contribution in [0.25, 0.3) is 0 Å². The first kappa shape index (κ1) is 92.7. The minimum Gasteiger partial charge on any atom is -0.462 e. The number of ether oxygens (including phenoxy) is 2. The van der Waals surface area contributed by atoms with Gasteiger partial charge in [0.25, 0.3) is 0 Å². The largest absolute Gasteiger partial charge is 0.472 e. The van der Waals surface area contributed by atoms with E-state index in [1.165, 1.54) is 244 Å². The minimum absolute atomic E-state index is 0.0301. The van der Waals surface area contributed by atoms with Gasteiger partial charge >= 0.3 is 19.8 Å². The maximum atomic E-state index is 12.9. The predicted octanol–water partition coefficient (Wildman–Crippen LogP) is 27.2. The maximum absolute atomic E-state index is 12.9. The summed E-state index contributed by atoms with van der Waals surface area (Å²) in [6.45, 7) is 4.37. The number of carbonyl (C=O) groups excluding carboxylic acids is 2. The first-order chi connectivity index (χ1) is 47.0. The minimum atomic E-state index is -4.40. The molecule has 96 heavy (non-hydrogen) atoms. The Balaban J connectivity index is 3.98. The molecule has 0 saturated heterocycles. The van der Waals surface area contributed by atoms with Crippen molar-refractivity contribution in [2.24, 2.45) is 0 Å². The Kier molecular flexibility index (Phi) is 73.2. The van der Waals surface area contributed by atoms with Gasteiger partial charge in [-0.05, 0) is 83.5 Å². The summed E-state index contributed by atoms with van der Waals surface area (Å²) in [6, 6.07) is 0. The number of unbranched alkanes of at least 4 members (excludes halogenated alkanes) is 43. The number of phosphoric ester groups is 1. The number of likely N-dealkylation sites (N-methyl/N-ethyl adjacent to an activating group) is 1. The molecule has 2 unspecified atom stereocenters. The van der Waals surface area contributed by atoms with Crippen molar-refractivity contribution in [2.75, 3.05) is 47.5 Å². The standard InChI is InChI=1S/C86H154NO8P/c1-6-8-10-12-14-16-18-20-22-24-26-28-30-32-34-36-38-39-40-41-42-43-44-45-46-47-49-51-53-55-57-59-61-63-65-67-69-71-73-75-77-79-86(89)95-84(83-94-96(90,91)93-81-80-87(3,4)5)82-92-85(88)78-76-74-72-70-68-66-64-62-60-58-56-54-52-50-48-37-35-33-31-29-27-25-23-21-19-17-15-13-11-9-7-2/h8,10,14,16,20,22,26,28,32,34,38-39,41-42,44-45,47,49,84H,6-7,9,11-13,15,17-19,21,23-25,27,29-31,33,35-37,40,43,46,48,50-83H2,1-5H3/p+1/b10-8-,16-14-,22-20-,28-26-,34-32-,39-38-,42-41-,45-44-,49-47-. The van der Waals surface area contributed by atoms with Gasteiger partial charge in [0.05, 0.1) is 27.7 Å². The van der Waals surface area contributed by atoms with Crippen molar-refractivity contribution in [2.45, 2.75) is 380 Å². The lowest BCUT2D eigenvalue weighted by molar-refractivity contribution is -0.870. The molecule has 0 aliphatic rings. The van der Waals surface area contributed by atoms with Crippen LogP contribution in [0, 0.1) is 0 Å². The normalized spacial score (nSPS) is 13.6. The Morgan fingerprint density at radius 1 is 0.333 bits per heavy atom. The number of quaternary nitrogens is 1. The van der Waals surface area contributed by atoms with Crippen molar-refractivity contribution >= 4 is 19.8 Å². The van der Waals surface area contributed by atoms with Gasteiger partial charge in [0.2, 0.25) is 0 Å². The van der Waals surface area contributed by atoms with Crippen LogP contribution >= 0.6 is 7.82 Å². The summed E-state index contributed by atoms with van der Waals surface area (Å²) >= 11 is 0. The highest BCUT2D eigenvalue weighted by Crippen LogP contribution is 2.43. The lowest BCUT2D eigenvalue weighted by atomic mass is 10.0. The van der Waals surface area contributed by atoms with E-state index >= 15 is 0 Å². The van der Waals surface area contributed by atoms with Crippen LogP contribution in [0.15, 0.2) is 109 Å². The molecule has 0 aromatic heterocycles. The zero-order valence-electron chi connectivity index (χ0n) is 63.6. The molecule has 2 atom stereocenters. The van der Waals surface area contributed by atoms with Gasteiger partial charge in [-0.1, -0.05) is 386 Å². The fraction of sp³-hybridized carbons (Fsp3) is 0.767. The Bertz CT molecular complexity index is 1990. The van der Waals surface area contributed by atoms with E-state index in [0.717, 1.165) is 96.3 Å². The number of allylic oxidation sites excluding steroid dienone is 18. The summed E-state index contributed by atoms with van der Waals surface area (Å²) in [5, 5.41) is 0. The fourth-order valence-electron chi connectivity index (χ4n) is 11.7. The van der Waals surface area contributed by atoms with Crippen LogP contribution < -0.4 is 0 Å². The number of esters is 2. The molecular weight excluding hydrogens is 1210 g/mol. The third-order valence-electron chi connectivity index (χ3n) is 17.8. The van der Waals surface area contributed by atoms with Crippen molar-refractivity contribution in [3.8, 4) is 0 Å². The van der Waals surface area contributed by atoms with Gasteiger partial charge in [-0.2, -0.15) is 0 Å². The molecule has 0 aliphatic carbocycles. The van der Waals surface area contributed by atoms with Crippen LogP contribution in [0.2, 0.25) is 0 Å². The van der Waals surface area contributed by atoms with E-state index in [2.05, 4.69) is 123 Å². The summed E-state index contributed by atoms with van der Waals surface area (Å²) in [5.74, 6) is -0.785. The smallest absolute Gasteiger partial charge is 0.462 e. The topological polar surface area (TPSA) is 108 Å². The van der Waals surface area contributed by atoms with Crippen LogP contribution in [0.4, 0.5) is 0 Å². The Hall–Kier alpha value is -3.33. The quantitative estimate of drug-likeness (QED) is 0.0211. The average Bonchev–Trinajstić information content (AvgIpc) is 2.54. The van der Waals surface area contributed by atoms with Crippen LogP contribution in [-0.4, -0.2) is 74.9 Å². The third kappa shape index (κ3) is 79.7. The second-order valence-electron chi connectivity index (χ2n) is 28.4. The molecule has 0 saturated carbocycles. The first-order valence-corrected chi connectivity index (χ1v) is 42.1. The van der Waals surface area contributed by atoms with Crippen LogP contribution in [-0.2, 0) is 32.7 Å². The predicted molar refractivity (Wildman–Crippen MR) is 418 cm³/mol. The molecule has 0 aromatic rings. The molecule has 0 amide bonds. The van der Waals surface area contributed by atoms with Gasteiger partial charge in [-0.15, -0.1) is 0 Å². The molecule has 10 heteroatoms. The molecule has 0 bridgehead atoms. The molecular formula is C86H155NO8P+. The van der Waals surface area contributed by atoms with E-state index in [-0.39, 0.29) is 25.6 Å². The highest BCUT2D eigenvalue weighted by molar-refractivity contribution is 7.47. The monoisotopic (exact) mass is 1360 g/mol. The zero-order chi connectivity index (χ0) is 69.7. The second-order valence-corrected chi connectivity index (χ2v) is 29.9. The molecule has 0 radical (unpaired) electrons. The molecule has 0 aliphatic heterocycles. The van der Waals surface area contributed by atoms with Crippen molar-refractivity contribution in [3.63, 3.8) is 0 Å². The highest BCUT2D eigenvalue weighted by atomic mass is 31.2. The Labute approximate surface area is 595 Å². The number of carbonyl (C=O) groups is 2. The van der Waals surface area contributed by atoms with E-state index in [1.54, 1.807) is 0 Å². The lowest BCUT2D eigenvalue weighted by Gasteiger charge is -2.24. The van der Waals surface area contributed by atoms with Crippen molar-refractivity contribution in [1.82, 2.24) is 0 Å². The lowest BCUT2D eigenvalue weighted by Crippen LogP contribution is -2.37. The van der Waals surface area contributed by atoms with Gasteiger partial charge in [0.15, 0.2) is 6.10 Å². The molecule has 0 rings (SSSR count). The molecule has 0 spiro atoms. The van der Waals surface area contributed by atoms with E-state index in [1.807, 2.05) is 21.1 Å². The summed E-state index contributed by atoms with van der Waals surface area (Å²) in [4.78, 5) is 36.0. The second kappa shape index (κ2) is 75.9. The molecule has 556 valence electrons. The summed E-state index contributed by atoms with van der Waals surface area (Å²) in [7, 11) is 1.48. The number of phosphoric acid groups is 1. The molecule has 9 nitrogen and oxygen atoms in total. The molecule has 0 aromatic carbocycles. The number of hydrogen-bond donors (Lipinski definition) is 1. The van der Waals surface area contributed by atoms with Crippen molar-refractivity contribution in [3.05, 3.63) is 109 Å². The van der Waals surface area contributed by atoms with Gasteiger partial charge in [0, 0.05) is 12.8 Å². The van der Waals surface area contributed by atoms with Gasteiger partial charge in [-0.25, -0.2) is 4.57 Å².